The van der Waals surface area contributed by atoms with Gasteiger partial charge in [0.2, 0.25) is 0 Å². The van der Waals surface area contributed by atoms with E-state index in [9.17, 15) is 14.2 Å². The summed E-state index contributed by atoms with van der Waals surface area (Å²) < 4.78 is 20.8. The summed E-state index contributed by atoms with van der Waals surface area (Å²) in [6.07, 6.45) is 0.832. The lowest BCUT2D eigenvalue weighted by atomic mass is 10.5. The largest absolute Gasteiger partial charge is 0.466 e. The maximum absolute atomic E-state index is 11.4. The van der Waals surface area contributed by atoms with Crippen molar-refractivity contribution in [2.24, 2.45) is 0 Å². The minimum absolute atomic E-state index is 0.145. The second-order valence-electron chi connectivity index (χ2n) is 3.04. The summed E-state index contributed by atoms with van der Waals surface area (Å²) in [6.45, 7) is 4.11. The molecule has 5 nitrogen and oxygen atoms in total. The van der Waals surface area contributed by atoms with Crippen molar-refractivity contribution in [3.8, 4) is 0 Å². The molecule has 0 rings (SSSR count). The predicted octanol–water partition coefficient (Wildman–Crippen LogP) is 1.72. The molecule has 0 aliphatic carbocycles. The minimum atomic E-state index is -1.52. The molecule has 0 N–H and O–H groups in total. The molecule has 0 aromatic heterocycles. The molecule has 0 heterocycles. The number of carbonyl (C=O) groups is 2. The Labute approximate surface area is 96.3 Å². The molecule has 92 valence electrons. The van der Waals surface area contributed by atoms with Crippen LogP contribution in [0, 0.1) is 0 Å². The van der Waals surface area contributed by atoms with Gasteiger partial charge in [0.15, 0.2) is 12.3 Å². The fraction of sp³-hybridized carbons (Fsp3) is 0.800. The molecule has 0 spiro atoms. The van der Waals surface area contributed by atoms with E-state index in [1.165, 1.54) is 0 Å². The molecule has 0 aliphatic rings. The number of hydrogen-bond acceptors (Lipinski definition) is 5. The van der Waals surface area contributed by atoms with Crippen LogP contribution >= 0.6 is 7.80 Å². The normalized spacial score (nSPS) is 9.62. The first-order valence-corrected chi connectivity index (χ1v) is 6.96. The Morgan fingerprint density at radius 1 is 0.938 bits per heavy atom. The quantitative estimate of drug-likeness (QED) is 0.484. The fourth-order valence-electron chi connectivity index (χ4n) is 1.01. The Morgan fingerprint density at radius 2 is 1.31 bits per heavy atom. The number of carbonyl (C=O) groups excluding carboxylic acids is 2. The summed E-state index contributed by atoms with van der Waals surface area (Å²) in [5, 5.41) is 0. The molecule has 0 saturated heterocycles. The summed E-state index contributed by atoms with van der Waals surface area (Å²) in [6, 6.07) is 0. The topological polar surface area (TPSA) is 69.7 Å². The van der Waals surface area contributed by atoms with Gasteiger partial charge in [0, 0.05) is 0 Å². The lowest BCUT2D eigenvalue weighted by Crippen LogP contribution is -2.07. The van der Waals surface area contributed by atoms with Gasteiger partial charge in [-0.3, -0.25) is 9.59 Å². The second kappa shape index (κ2) is 9.28. The molecule has 0 amide bonds. The Morgan fingerprint density at radius 3 is 1.62 bits per heavy atom. The van der Waals surface area contributed by atoms with Gasteiger partial charge in [0.1, 0.15) is 0 Å². The third kappa shape index (κ3) is 8.36. The first-order chi connectivity index (χ1) is 7.60. The number of esters is 2. The highest BCUT2D eigenvalue weighted by molar-refractivity contribution is 7.44. The maximum Gasteiger partial charge on any atom is 0.339 e. The van der Waals surface area contributed by atoms with E-state index in [1.807, 2.05) is 0 Å². The van der Waals surface area contributed by atoms with Crippen molar-refractivity contribution in [2.75, 3.05) is 25.5 Å². The SMILES string of the molecule is CCOC(=O)CC[P+](=O)CCC(=O)OCC. The van der Waals surface area contributed by atoms with Gasteiger partial charge in [0.05, 0.1) is 26.1 Å². The van der Waals surface area contributed by atoms with Crippen LogP contribution in [0.1, 0.15) is 26.7 Å². The van der Waals surface area contributed by atoms with Gasteiger partial charge in [-0.05, 0) is 13.8 Å². The summed E-state index contributed by atoms with van der Waals surface area (Å²) in [5.41, 5.74) is 0. The molecule has 6 heteroatoms. The van der Waals surface area contributed by atoms with Gasteiger partial charge in [0.25, 0.3) is 0 Å². The summed E-state index contributed by atoms with van der Waals surface area (Å²) in [4.78, 5) is 21.9. The monoisotopic (exact) mass is 249 g/mol. The van der Waals surface area contributed by atoms with Crippen LogP contribution in [0.25, 0.3) is 0 Å². The van der Waals surface area contributed by atoms with Gasteiger partial charge >= 0.3 is 19.7 Å². The van der Waals surface area contributed by atoms with E-state index in [4.69, 9.17) is 9.47 Å². The number of hydrogen-bond donors (Lipinski definition) is 0. The van der Waals surface area contributed by atoms with Crippen molar-refractivity contribution in [1.82, 2.24) is 0 Å². The molecule has 0 aromatic carbocycles. The van der Waals surface area contributed by atoms with Crippen LogP contribution in [0.15, 0.2) is 0 Å². The van der Waals surface area contributed by atoms with E-state index in [2.05, 4.69) is 0 Å². The smallest absolute Gasteiger partial charge is 0.339 e. The van der Waals surface area contributed by atoms with Crippen molar-refractivity contribution in [3.63, 3.8) is 0 Å². The molecular formula is C10H18O5P+. The highest BCUT2D eigenvalue weighted by Crippen LogP contribution is 2.22. The molecule has 0 bridgehead atoms. The third-order valence-corrected chi connectivity index (χ3v) is 3.19. The van der Waals surface area contributed by atoms with Crippen molar-refractivity contribution >= 4 is 19.7 Å². The van der Waals surface area contributed by atoms with E-state index >= 15 is 0 Å². The van der Waals surface area contributed by atoms with Crippen molar-refractivity contribution in [2.45, 2.75) is 26.7 Å². The van der Waals surface area contributed by atoms with E-state index < -0.39 is 7.80 Å². The average Bonchev–Trinajstić information content (AvgIpc) is 2.24. The first-order valence-electron chi connectivity index (χ1n) is 5.33. The zero-order valence-corrected chi connectivity index (χ0v) is 10.6. The Kier molecular flexibility index (Phi) is 8.72. The van der Waals surface area contributed by atoms with Crippen LogP contribution in [0.2, 0.25) is 0 Å². The lowest BCUT2D eigenvalue weighted by molar-refractivity contribution is -0.143. The number of rotatable bonds is 8. The Bertz CT molecular complexity index is 228. The number of ether oxygens (including phenoxy) is 2. The van der Waals surface area contributed by atoms with Crippen molar-refractivity contribution in [3.05, 3.63) is 0 Å². The van der Waals surface area contributed by atoms with Crippen LogP contribution < -0.4 is 0 Å². The molecule has 0 aromatic rings. The van der Waals surface area contributed by atoms with E-state index in [0.717, 1.165) is 0 Å². The summed E-state index contributed by atoms with van der Waals surface area (Å²) in [5.74, 6) is -0.691. The van der Waals surface area contributed by atoms with Gasteiger partial charge in [-0.1, -0.05) is 4.57 Å². The van der Waals surface area contributed by atoms with Crippen LogP contribution in [0.5, 0.6) is 0 Å². The average molecular weight is 249 g/mol. The zero-order chi connectivity index (χ0) is 12.4. The second-order valence-corrected chi connectivity index (χ2v) is 4.90. The standard InChI is InChI=1S/C10H18O5P/c1-3-14-9(11)5-7-16(13)8-6-10(12)15-4-2/h3-8H2,1-2H3/q+1. The summed E-state index contributed by atoms with van der Waals surface area (Å²) in [7, 11) is -1.52. The Balaban J connectivity index is 3.59. The lowest BCUT2D eigenvalue weighted by Gasteiger charge is -1.97. The van der Waals surface area contributed by atoms with Crippen molar-refractivity contribution in [1.29, 1.82) is 0 Å². The molecule has 0 aliphatic heterocycles. The van der Waals surface area contributed by atoms with Crippen molar-refractivity contribution < 1.29 is 23.6 Å². The highest BCUT2D eigenvalue weighted by Gasteiger charge is 2.19. The zero-order valence-electron chi connectivity index (χ0n) is 9.73. The molecule has 0 fully saturated rings. The van der Waals surface area contributed by atoms with Gasteiger partial charge < -0.3 is 9.47 Å². The van der Waals surface area contributed by atoms with E-state index in [0.29, 0.717) is 13.2 Å². The van der Waals surface area contributed by atoms with Crippen LogP contribution in [-0.4, -0.2) is 37.5 Å². The third-order valence-electron chi connectivity index (χ3n) is 1.74. The van der Waals surface area contributed by atoms with Crippen LogP contribution in [0.4, 0.5) is 0 Å². The van der Waals surface area contributed by atoms with Gasteiger partial charge in [-0.2, -0.15) is 0 Å². The van der Waals surface area contributed by atoms with Gasteiger partial charge in [-0.15, -0.1) is 0 Å². The molecule has 0 unspecified atom stereocenters. The molecule has 0 atom stereocenters. The first kappa shape index (κ1) is 15.0. The van der Waals surface area contributed by atoms with E-state index in [1.54, 1.807) is 13.8 Å². The molecular weight excluding hydrogens is 231 g/mol. The molecule has 16 heavy (non-hydrogen) atoms. The predicted molar refractivity (Wildman–Crippen MR) is 59.8 cm³/mol. The molecule has 0 radical (unpaired) electrons. The minimum Gasteiger partial charge on any atom is -0.466 e. The molecule has 0 saturated carbocycles. The van der Waals surface area contributed by atoms with E-state index in [-0.39, 0.29) is 37.1 Å². The van der Waals surface area contributed by atoms with Gasteiger partial charge in [-0.25, -0.2) is 0 Å². The van der Waals surface area contributed by atoms with Crippen LogP contribution in [-0.2, 0) is 23.6 Å². The highest BCUT2D eigenvalue weighted by atomic mass is 31.1. The summed E-state index contributed by atoms with van der Waals surface area (Å²) >= 11 is 0. The Hall–Kier alpha value is -0.960. The van der Waals surface area contributed by atoms with Crippen LogP contribution in [0.3, 0.4) is 0 Å². The maximum atomic E-state index is 11.4. The fourth-order valence-corrected chi connectivity index (χ4v) is 2.10.